The molecule has 2 aromatic rings. The zero-order chi connectivity index (χ0) is 18.8. The molecule has 0 aliphatic carbocycles. The summed E-state index contributed by atoms with van der Waals surface area (Å²) in [7, 11) is 0. The van der Waals surface area contributed by atoms with Crippen LogP contribution < -0.4 is 5.32 Å². The monoisotopic (exact) mass is 478 g/mol. The van der Waals surface area contributed by atoms with Crippen LogP contribution in [0.15, 0.2) is 45.3 Å². The van der Waals surface area contributed by atoms with Crippen molar-refractivity contribution in [3.63, 3.8) is 0 Å². The summed E-state index contributed by atoms with van der Waals surface area (Å²) in [6.45, 7) is 2.13. The van der Waals surface area contributed by atoms with E-state index in [0.29, 0.717) is 17.5 Å². The Morgan fingerprint density at radius 1 is 1.00 bits per heavy atom. The first kappa shape index (κ1) is 18.8. The maximum atomic E-state index is 12.4. The standard InChI is InChI=1S/C19H16Br2N2O3/c1-11-9-12(20)5-7-16(11)22-17(24)3-2-8-23-18(25)14-6-4-13(21)10-15(14)19(23)26/h4-7,9-10H,2-3,8H2,1H3,(H,22,24). The molecule has 0 spiro atoms. The molecule has 1 heterocycles. The Morgan fingerprint density at radius 2 is 1.65 bits per heavy atom. The maximum Gasteiger partial charge on any atom is 0.261 e. The minimum Gasteiger partial charge on any atom is -0.326 e. The van der Waals surface area contributed by atoms with Crippen LogP contribution in [-0.2, 0) is 4.79 Å². The zero-order valence-electron chi connectivity index (χ0n) is 14.0. The lowest BCUT2D eigenvalue weighted by molar-refractivity contribution is -0.116. The van der Waals surface area contributed by atoms with E-state index in [-0.39, 0.29) is 30.7 Å². The highest BCUT2D eigenvalue weighted by molar-refractivity contribution is 9.10. The van der Waals surface area contributed by atoms with Crippen molar-refractivity contribution in [3.8, 4) is 0 Å². The predicted molar refractivity (Wildman–Crippen MR) is 106 cm³/mol. The van der Waals surface area contributed by atoms with Crippen LogP contribution in [0.3, 0.4) is 0 Å². The fourth-order valence-electron chi connectivity index (χ4n) is 2.84. The minimum absolute atomic E-state index is 0.144. The van der Waals surface area contributed by atoms with E-state index in [9.17, 15) is 14.4 Å². The Balaban J connectivity index is 1.56. The molecule has 1 aliphatic rings. The Kier molecular flexibility index (Phi) is 5.58. The number of hydrogen-bond donors (Lipinski definition) is 1. The molecule has 0 aromatic heterocycles. The number of halogens is 2. The maximum absolute atomic E-state index is 12.4. The SMILES string of the molecule is Cc1cc(Br)ccc1NC(=O)CCCN1C(=O)c2ccc(Br)cc2C1=O. The van der Waals surface area contributed by atoms with Crippen LogP contribution in [0.5, 0.6) is 0 Å². The number of amides is 3. The number of rotatable bonds is 5. The van der Waals surface area contributed by atoms with Crippen LogP contribution in [0, 0.1) is 6.92 Å². The summed E-state index contributed by atoms with van der Waals surface area (Å²) in [6.07, 6.45) is 0.640. The van der Waals surface area contributed by atoms with Crippen LogP contribution in [-0.4, -0.2) is 29.2 Å². The number of carbonyl (C=O) groups excluding carboxylic acids is 3. The first-order valence-corrected chi connectivity index (χ1v) is 9.67. The Bertz CT molecular complexity index is 912. The highest BCUT2D eigenvalue weighted by Gasteiger charge is 2.35. The van der Waals surface area contributed by atoms with E-state index in [4.69, 9.17) is 0 Å². The number of carbonyl (C=O) groups is 3. The van der Waals surface area contributed by atoms with Crippen LogP contribution in [0.25, 0.3) is 0 Å². The van der Waals surface area contributed by atoms with Crippen LogP contribution in [0.2, 0.25) is 0 Å². The third-order valence-electron chi connectivity index (χ3n) is 4.18. The number of fused-ring (bicyclic) bond motifs is 1. The molecule has 26 heavy (non-hydrogen) atoms. The molecule has 0 fully saturated rings. The molecule has 0 unspecified atom stereocenters. The van der Waals surface area contributed by atoms with E-state index in [0.717, 1.165) is 20.2 Å². The number of anilines is 1. The van der Waals surface area contributed by atoms with Gasteiger partial charge in [0.05, 0.1) is 11.1 Å². The minimum atomic E-state index is -0.310. The average Bonchev–Trinajstić information content (AvgIpc) is 2.82. The van der Waals surface area contributed by atoms with Gasteiger partial charge in [0.25, 0.3) is 11.8 Å². The summed E-state index contributed by atoms with van der Waals surface area (Å²) in [5.41, 5.74) is 2.52. The van der Waals surface area contributed by atoms with Gasteiger partial charge in [0, 0.05) is 27.6 Å². The first-order valence-electron chi connectivity index (χ1n) is 8.08. The summed E-state index contributed by atoms with van der Waals surface area (Å²) < 4.78 is 1.70. The van der Waals surface area contributed by atoms with Gasteiger partial charge in [0.2, 0.25) is 5.91 Å². The Labute approximate surface area is 168 Å². The van der Waals surface area contributed by atoms with Crippen molar-refractivity contribution in [2.45, 2.75) is 19.8 Å². The molecule has 0 saturated carbocycles. The summed E-state index contributed by atoms with van der Waals surface area (Å²) in [5, 5.41) is 2.86. The molecule has 0 radical (unpaired) electrons. The van der Waals surface area contributed by atoms with E-state index >= 15 is 0 Å². The predicted octanol–water partition coefficient (Wildman–Crippen LogP) is 4.53. The van der Waals surface area contributed by atoms with Crippen molar-refractivity contribution in [2.24, 2.45) is 0 Å². The van der Waals surface area contributed by atoms with Crippen LogP contribution >= 0.6 is 31.9 Å². The largest absolute Gasteiger partial charge is 0.326 e. The van der Waals surface area contributed by atoms with Gasteiger partial charge < -0.3 is 5.32 Å². The smallest absolute Gasteiger partial charge is 0.261 e. The van der Waals surface area contributed by atoms with Crippen molar-refractivity contribution in [2.75, 3.05) is 11.9 Å². The molecule has 0 atom stereocenters. The highest BCUT2D eigenvalue weighted by atomic mass is 79.9. The zero-order valence-corrected chi connectivity index (χ0v) is 17.2. The second kappa shape index (κ2) is 7.72. The molecule has 1 N–H and O–H groups in total. The molecule has 134 valence electrons. The van der Waals surface area contributed by atoms with Crippen LogP contribution in [0.4, 0.5) is 5.69 Å². The molecule has 2 aromatic carbocycles. The van der Waals surface area contributed by atoms with Gasteiger partial charge in [-0.2, -0.15) is 0 Å². The van der Waals surface area contributed by atoms with Gasteiger partial charge in [-0.1, -0.05) is 31.9 Å². The van der Waals surface area contributed by atoms with Crippen LogP contribution in [0.1, 0.15) is 39.1 Å². The van der Waals surface area contributed by atoms with Gasteiger partial charge in [0.1, 0.15) is 0 Å². The molecule has 7 heteroatoms. The lowest BCUT2D eigenvalue weighted by Crippen LogP contribution is -2.31. The molecular formula is C19H16Br2N2O3. The number of nitrogens with one attached hydrogen (secondary N) is 1. The van der Waals surface area contributed by atoms with Gasteiger partial charge in [-0.15, -0.1) is 0 Å². The van der Waals surface area contributed by atoms with E-state index in [2.05, 4.69) is 37.2 Å². The van der Waals surface area contributed by atoms with Crippen molar-refractivity contribution in [1.82, 2.24) is 4.90 Å². The Morgan fingerprint density at radius 3 is 2.38 bits per heavy atom. The van der Waals surface area contributed by atoms with E-state index in [1.165, 1.54) is 4.90 Å². The quantitative estimate of drug-likeness (QED) is 0.640. The highest BCUT2D eigenvalue weighted by Crippen LogP contribution is 2.26. The third-order valence-corrected chi connectivity index (χ3v) is 5.17. The topological polar surface area (TPSA) is 66.5 Å². The number of benzene rings is 2. The fraction of sp³-hybridized carbons (Fsp3) is 0.211. The number of imide groups is 1. The van der Waals surface area contributed by atoms with Gasteiger partial charge in [-0.05, 0) is 55.3 Å². The summed E-state index contributed by atoms with van der Waals surface area (Å²) in [6, 6.07) is 10.6. The Hall–Kier alpha value is -1.99. The molecule has 5 nitrogen and oxygen atoms in total. The second-order valence-electron chi connectivity index (χ2n) is 6.06. The fourth-order valence-corrected chi connectivity index (χ4v) is 3.68. The average molecular weight is 480 g/mol. The van der Waals surface area contributed by atoms with Gasteiger partial charge in [-0.25, -0.2) is 0 Å². The summed E-state index contributed by atoms with van der Waals surface area (Å²) >= 11 is 6.69. The number of nitrogens with zero attached hydrogens (tertiary/aromatic N) is 1. The molecule has 0 saturated heterocycles. The lowest BCUT2D eigenvalue weighted by Gasteiger charge is -2.14. The molecule has 0 bridgehead atoms. The summed E-state index contributed by atoms with van der Waals surface area (Å²) in [5.74, 6) is -0.757. The lowest BCUT2D eigenvalue weighted by atomic mass is 10.1. The van der Waals surface area contributed by atoms with Crippen molar-refractivity contribution in [3.05, 3.63) is 62.0 Å². The first-order chi connectivity index (χ1) is 12.4. The second-order valence-corrected chi connectivity index (χ2v) is 7.89. The normalized spacial score (nSPS) is 13.1. The number of hydrogen-bond acceptors (Lipinski definition) is 3. The van der Waals surface area contributed by atoms with E-state index < -0.39 is 0 Å². The van der Waals surface area contributed by atoms with Crippen molar-refractivity contribution in [1.29, 1.82) is 0 Å². The van der Waals surface area contributed by atoms with E-state index in [1.54, 1.807) is 18.2 Å². The molecule has 3 rings (SSSR count). The summed E-state index contributed by atoms with van der Waals surface area (Å²) in [4.78, 5) is 38.1. The molecular weight excluding hydrogens is 464 g/mol. The molecule has 1 aliphatic heterocycles. The van der Waals surface area contributed by atoms with E-state index in [1.807, 2.05) is 25.1 Å². The van der Waals surface area contributed by atoms with Gasteiger partial charge in [0.15, 0.2) is 0 Å². The number of aryl methyl sites for hydroxylation is 1. The third kappa shape index (κ3) is 3.88. The van der Waals surface area contributed by atoms with Gasteiger partial charge in [-0.3, -0.25) is 19.3 Å². The van der Waals surface area contributed by atoms with Crippen molar-refractivity contribution < 1.29 is 14.4 Å². The van der Waals surface area contributed by atoms with Gasteiger partial charge >= 0.3 is 0 Å². The van der Waals surface area contributed by atoms with Crippen molar-refractivity contribution >= 4 is 55.3 Å². The molecule has 3 amide bonds.